The number of hydrogen-bond donors (Lipinski definition) is 0. The molecule has 0 aromatic heterocycles. The Morgan fingerprint density at radius 2 is 1.68 bits per heavy atom. The second-order valence-electron chi connectivity index (χ2n) is 7.69. The van der Waals surface area contributed by atoms with Crippen molar-refractivity contribution in [2.45, 2.75) is 50.1 Å². The van der Waals surface area contributed by atoms with E-state index in [0.29, 0.717) is 0 Å². The molecule has 1 atom stereocenters. The van der Waals surface area contributed by atoms with E-state index >= 15 is 0 Å². The SMILES string of the molecule is Cc1ccc(S(=O)(=O)N2C(=O)C=CC23CC(=O)N(C(C)(C)C)C3)cc1. The number of sulfonamides is 1. The van der Waals surface area contributed by atoms with Crippen molar-refractivity contribution in [1.82, 2.24) is 9.21 Å². The van der Waals surface area contributed by atoms with Gasteiger partial charge in [-0.2, -0.15) is 0 Å². The molecule has 25 heavy (non-hydrogen) atoms. The summed E-state index contributed by atoms with van der Waals surface area (Å²) in [4.78, 5) is 26.6. The van der Waals surface area contributed by atoms with Gasteiger partial charge in [0.1, 0.15) is 5.54 Å². The molecule has 0 saturated carbocycles. The first-order valence-electron chi connectivity index (χ1n) is 8.13. The number of aryl methyl sites for hydroxylation is 1. The Morgan fingerprint density at radius 1 is 1.08 bits per heavy atom. The van der Waals surface area contributed by atoms with Crippen LogP contribution in [0.2, 0.25) is 0 Å². The fourth-order valence-corrected chi connectivity index (χ4v) is 5.04. The van der Waals surface area contributed by atoms with Gasteiger partial charge in [0.2, 0.25) is 5.91 Å². The Labute approximate surface area is 148 Å². The van der Waals surface area contributed by atoms with Gasteiger partial charge in [-0.15, -0.1) is 0 Å². The van der Waals surface area contributed by atoms with Crippen LogP contribution < -0.4 is 0 Å². The van der Waals surface area contributed by atoms with Gasteiger partial charge < -0.3 is 4.90 Å². The number of benzene rings is 1. The highest BCUT2D eigenvalue weighted by molar-refractivity contribution is 7.89. The van der Waals surface area contributed by atoms with Crippen LogP contribution in [0.15, 0.2) is 41.3 Å². The molecule has 0 N–H and O–H groups in total. The van der Waals surface area contributed by atoms with Crippen LogP contribution in [0, 0.1) is 6.92 Å². The van der Waals surface area contributed by atoms with Gasteiger partial charge in [-0.3, -0.25) is 9.59 Å². The van der Waals surface area contributed by atoms with Crippen LogP contribution in [0.4, 0.5) is 0 Å². The second-order valence-corrected chi connectivity index (χ2v) is 9.47. The van der Waals surface area contributed by atoms with E-state index in [1.165, 1.54) is 18.2 Å². The van der Waals surface area contributed by atoms with Gasteiger partial charge in [-0.05, 0) is 39.8 Å². The maximum absolute atomic E-state index is 13.1. The summed E-state index contributed by atoms with van der Waals surface area (Å²) in [5.41, 5.74) is -0.667. The standard InChI is InChI=1S/C18H22N2O4S/c1-13-5-7-14(8-6-13)25(23,24)20-15(21)9-10-18(20)11-16(22)19(12-18)17(2,3)4/h5-10H,11-12H2,1-4H3. The highest BCUT2D eigenvalue weighted by Gasteiger charge is 2.56. The number of likely N-dealkylation sites (tertiary alicyclic amines) is 1. The molecule has 134 valence electrons. The minimum atomic E-state index is -4.05. The summed E-state index contributed by atoms with van der Waals surface area (Å²) < 4.78 is 27.1. The lowest BCUT2D eigenvalue weighted by atomic mass is 10.00. The monoisotopic (exact) mass is 362 g/mol. The molecule has 3 rings (SSSR count). The number of carbonyl (C=O) groups excluding carboxylic acids is 2. The number of nitrogens with zero attached hydrogens (tertiary/aromatic N) is 2. The Kier molecular flexibility index (Phi) is 3.83. The molecule has 6 nitrogen and oxygen atoms in total. The van der Waals surface area contributed by atoms with E-state index in [0.717, 1.165) is 9.87 Å². The van der Waals surface area contributed by atoms with Gasteiger partial charge in [-0.1, -0.05) is 23.8 Å². The highest BCUT2D eigenvalue weighted by Crippen LogP contribution is 2.40. The molecular formula is C18H22N2O4S. The average Bonchev–Trinajstić information content (AvgIpc) is 2.99. The first kappa shape index (κ1) is 17.7. The number of amides is 2. The molecule has 1 fully saturated rings. The molecule has 0 bridgehead atoms. The summed E-state index contributed by atoms with van der Waals surface area (Å²) >= 11 is 0. The van der Waals surface area contributed by atoms with Crippen LogP contribution in [0.3, 0.4) is 0 Å². The van der Waals surface area contributed by atoms with Crippen LogP contribution in [0.1, 0.15) is 32.8 Å². The van der Waals surface area contributed by atoms with Gasteiger partial charge in [-0.25, -0.2) is 12.7 Å². The van der Waals surface area contributed by atoms with Gasteiger partial charge in [0.15, 0.2) is 0 Å². The van der Waals surface area contributed by atoms with Crippen LogP contribution >= 0.6 is 0 Å². The molecule has 1 spiro atoms. The topological polar surface area (TPSA) is 74.8 Å². The molecule has 1 aromatic carbocycles. The lowest BCUT2D eigenvalue weighted by molar-refractivity contribution is -0.131. The molecular weight excluding hydrogens is 340 g/mol. The van der Waals surface area contributed by atoms with Crippen molar-refractivity contribution in [2.75, 3.05) is 6.54 Å². The molecule has 2 heterocycles. The lowest BCUT2D eigenvalue weighted by Crippen LogP contribution is -2.52. The van der Waals surface area contributed by atoms with E-state index in [4.69, 9.17) is 0 Å². The van der Waals surface area contributed by atoms with Gasteiger partial charge in [0.05, 0.1) is 11.3 Å². The molecule has 1 unspecified atom stereocenters. The third-order valence-corrected chi connectivity index (χ3v) is 6.59. The largest absolute Gasteiger partial charge is 0.335 e. The lowest BCUT2D eigenvalue weighted by Gasteiger charge is -2.36. The second kappa shape index (κ2) is 5.42. The van der Waals surface area contributed by atoms with Crippen molar-refractivity contribution >= 4 is 21.8 Å². The van der Waals surface area contributed by atoms with Crippen LogP contribution in [-0.4, -0.2) is 47.1 Å². The zero-order chi connectivity index (χ0) is 18.6. The fourth-order valence-electron chi connectivity index (χ4n) is 3.39. The Balaban J connectivity index is 2.05. The maximum atomic E-state index is 13.1. The summed E-state index contributed by atoms with van der Waals surface area (Å²) in [5.74, 6) is -0.764. The predicted molar refractivity (Wildman–Crippen MR) is 93.2 cm³/mol. The van der Waals surface area contributed by atoms with Gasteiger partial charge >= 0.3 is 0 Å². The number of hydrogen-bond acceptors (Lipinski definition) is 4. The molecule has 0 aliphatic carbocycles. The number of rotatable bonds is 2. The van der Waals surface area contributed by atoms with Crippen LogP contribution in [0.25, 0.3) is 0 Å². The normalized spacial score (nSPS) is 24.0. The van der Waals surface area contributed by atoms with Crippen LogP contribution in [-0.2, 0) is 19.6 Å². The van der Waals surface area contributed by atoms with E-state index in [-0.39, 0.29) is 23.8 Å². The zero-order valence-electron chi connectivity index (χ0n) is 14.8. The van der Waals surface area contributed by atoms with Crippen molar-refractivity contribution < 1.29 is 18.0 Å². The summed E-state index contributed by atoms with van der Waals surface area (Å²) in [5, 5.41) is 0. The van der Waals surface area contributed by atoms with Gasteiger partial charge in [0, 0.05) is 18.2 Å². The van der Waals surface area contributed by atoms with Crippen LogP contribution in [0.5, 0.6) is 0 Å². The van der Waals surface area contributed by atoms with Crippen molar-refractivity contribution in [3.8, 4) is 0 Å². The first-order chi connectivity index (χ1) is 11.5. The van der Waals surface area contributed by atoms with E-state index in [9.17, 15) is 18.0 Å². The minimum absolute atomic E-state index is 0.0302. The van der Waals surface area contributed by atoms with E-state index in [1.54, 1.807) is 23.1 Å². The molecule has 1 saturated heterocycles. The quantitative estimate of drug-likeness (QED) is 0.805. The summed E-state index contributed by atoms with van der Waals surface area (Å²) in [6, 6.07) is 6.36. The minimum Gasteiger partial charge on any atom is -0.335 e. The molecule has 0 radical (unpaired) electrons. The molecule has 1 aromatic rings. The predicted octanol–water partition coefficient (Wildman–Crippen LogP) is 1.85. The molecule has 7 heteroatoms. The Hall–Kier alpha value is -2.15. The Morgan fingerprint density at radius 3 is 2.20 bits per heavy atom. The third-order valence-electron chi connectivity index (χ3n) is 4.70. The smallest absolute Gasteiger partial charge is 0.267 e. The van der Waals surface area contributed by atoms with E-state index in [2.05, 4.69) is 0 Å². The number of carbonyl (C=O) groups is 2. The van der Waals surface area contributed by atoms with Crippen molar-refractivity contribution in [2.24, 2.45) is 0 Å². The highest BCUT2D eigenvalue weighted by atomic mass is 32.2. The fraction of sp³-hybridized carbons (Fsp3) is 0.444. The zero-order valence-corrected chi connectivity index (χ0v) is 15.6. The Bertz CT molecular complexity index is 865. The molecule has 2 aliphatic rings. The summed E-state index contributed by atoms with van der Waals surface area (Å²) in [7, 11) is -4.05. The summed E-state index contributed by atoms with van der Waals surface area (Å²) in [6.07, 6.45) is 2.79. The maximum Gasteiger partial charge on any atom is 0.267 e. The average molecular weight is 362 g/mol. The van der Waals surface area contributed by atoms with E-state index in [1.807, 2.05) is 27.7 Å². The molecule has 2 aliphatic heterocycles. The molecule has 2 amide bonds. The first-order valence-corrected chi connectivity index (χ1v) is 9.57. The van der Waals surface area contributed by atoms with E-state index < -0.39 is 27.0 Å². The summed E-state index contributed by atoms with van der Waals surface area (Å²) in [6.45, 7) is 7.70. The van der Waals surface area contributed by atoms with Crippen molar-refractivity contribution in [3.63, 3.8) is 0 Å². The third kappa shape index (κ3) is 2.76. The van der Waals surface area contributed by atoms with Crippen molar-refractivity contribution in [3.05, 3.63) is 42.0 Å². The van der Waals surface area contributed by atoms with Crippen molar-refractivity contribution in [1.29, 1.82) is 0 Å². The van der Waals surface area contributed by atoms with Gasteiger partial charge in [0.25, 0.3) is 15.9 Å².